The molecule has 3 aromatic rings. The van der Waals surface area contributed by atoms with Crippen molar-refractivity contribution in [3.05, 3.63) is 48.2 Å². The number of rotatable bonds is 5. The first-order valence-corrected chi connectivity index (χ1v) is 9.74. The van der Waals surface area contributed by atoms with Gasteiger partial charge in [0.15, 0.2) is 0 Å². The van der Waals surface area contributed by atoms with Gasteiger partial charge in [-0.25, -0.2) is 14.4 Å². The highest BCUT2D eigenvalue weighted by molar-refractivity contribution is 5.92. The molecule has 2 atom stereocenters. The first-order valence-electron chi connectivity index (χ1n) is 9.74. The zero-order valence-electron chi connectivity index (χ0n) is 16.2. The molecule has 0 aliphatic carbocycles. The smallest absolute Gasteiger partial charge is 0.149 e. The largest absolute Gasteiger partial charge is 0.389 e. The van der Waals surface area contributed by atoms with Crippen molar-refractivity contribution in [2.75, 3.05) is 19.6 Å². The lowest BCUT2D eigenvalue weighted by atomic mass is 9.92. The summed E-state index contributed by atoms with van der Waals surface area (Å²) < 4.78 is 14.5. The van der Waals surface area contributed by atoms with Gasteiger partial charge in [0.05, 0.1) is 11.3 Å². The predicted molar refractivity (Wildman–Crippen MR) is 107 cm³/mol. The number of halogens is 1. The third-order valence-corrected chi connectivity index (χ3v) is 5.72. The van der Waals surface area contributed by atoms with Gasteiger partial charge < -0.3 is 15.4 Å². The number of nitrogens with one attached hydrogen (secondary N) is 2. The van der Waals surface area contributed by atoms with Crippen molar-refractivity contribution in [3.8, 4) is 11.3 Å². The number of aromatic nitrogens is 3. The summed E-state index contributed by atoms with van der Waals surface area (Å²) in [6.45, 7) is 6.88. The third kappa shape index (κ3) is 3.65. The molecule has 3 N–H and O–H groups in total. The molecule has 1 aliphatic rings. The molecule has 0 bridgehead atoms. The fourth-order valence-corrected chi connectivity index (χ4v) is 3.76. The summed E-state index contributed by atoms with van der Waals surface area (Å²) in [6.07, 6.45) is 4.15. The Morgan fingerprint density at radius 2 is 2.21 bits per heavy atom. The molecule has 6 nitrogen and oxygen atoms in total. The molecule has 7 heteroatoms. The lowest BCUT2D eigenvalue weighted by Gasteiger charge is -2.40. The van der Waals surface area contributed by atoms with Crippen LogP contribution in [-0.4, -0.2) is 56.2 Å². The van der Waals surface area contributed by atoms with Gasteiger partial charge in [0, 0.05) is 55.6 Å². The van der Waals surface area contributed by atoms with E-state index in [9.17, 15) is 9.50 Å². The molecule has 0 aromatic carbocycles. The van der Waals surface area contributed by atoms with Crippen molar-refractivity contribution in [2.24, 2.45) is 0 Å². The summed E-state index contributed by atoms with van der Waals surface area (Å²) in [4.78, 5) is 14.2. The highest BCUT2D eigenvalue weighted by Gasteiger charge is 2.33. The second kappa shape index (κ2) is 7.58. The summed E-state index contributed by atoms with van der Waals surface area (Å²) in [5, 5.41) is 14.8. The van der Waals surface area contributed by atoms with E-state index in [1.807, 2.05) is 26.0 Å². The summed E-state index contributed by atoms with van der Waals surface area (Å²) in [5.41, 5.74) is 1.83. The van der Waals surface area contributed by atoms with Gasteiger partial charge in [-0.1, -0.05) is 6.92 Å². The van der Waals surface area contributed by atoms with Crippen LogP contribution >= 0.6 is 0 Å². The van der Waals surface area contributed by atoms with Crippen molar-refractivity contribution in [1.29, 1.82) is 0 Å². The van der Waals surface area contributed by atoms with Crippen LogP contribution in [0.1, 0.15) is 26.0 Å². The molecular weight excluding hydrogens is 357 g/mol. The average Bonchev–Trinajstić information content (AvgIpc) is 3.14. The second-order valence-corrected chi connectivity index (χ2v) is 7.69. The fraction of sp³-hybridized carbons (Fsp3) is 0.429. The Kier molecular flexibility index (Phi) is 5.14. The van der Waals surface area contributed by atoms with Crippen LogP contribution in [-0.2, 0) is 6.54 Å². The number of H-pyrrole nitrogens is 1. The Morgan fingerprint density at radius 1 is 1.36 bits per heavy atom. The van der Waals surface area contributed by atoms with Gasteiger partial charge in [-0.05, 0) is 37.6 Å². The number of hydrogen-bond acceptors (Lipinski definition) is 5. The number of hydrogen-bond donors (Lipinski definition) is 3. The van der Waals surface area contributed by atoms with E-state index in [1.165, 1.54) is 6.07 Å². The molecule has 148 valence electrons. The standard InChI is InChI=1S/C21H26FN5O/c1-3-21(2,28)18-13-27(10-9-23-18)12-14-6-7-17(22)19(26-14)16-11-25-20-15(16)5-4-8-24-20/h4-8,11,18,23,28H,3,9-10,12-13H2,1-2H3,(H,24,25)/t18?,21-/m0/s1. The zero-order chi connectivity index (χ0) is 19.7. The van der Waals surface area contributed by atoms with Gasteiger partial charge in [-0.2, -0.15) is 0 Å². The lowest BCUT2D eigenvalue weighted by molar-refractivity contribution is -0.0103. The van der Waals surface area contributed by atoms with Crippen LogP contribution in [0.5, 0.6) is 0 Å². The molecule has 4 heterocycles. The van der Waals surface area contributed by atoms with Gasteiger partial charge >= 0.3 is 0 Å². The van der Waals surface area contributed by atoms with Gasteiger partial charge in [0.25, 0.3) is 0 Å². The van der Waals surface area contributed by atoms with Crippen molar-refractivity contribution in [2.45, 2.75) is 38.5 Å². The molecule has 0 spiro atoms. The summed E-state index contributed by atoms with van der Waals surface area (Å²) in [7, 11) is 0. The van der Waals surface area contributed by atoms with Crippen LogP contribution in [0.2, 0.25) is 0 Å². The predicted octanol–water partition coefficient (Wildman–Crippen LogP) is 2.70. The Labute approximate surface area is 163 Å². The maximum atomic E-state index is 14.5. The zero-order valence-corrected chi connectivity index (χ0v) is 16.2. The number of piperazine rings is 1. The average molecular weight is 383 g/mol. The summed E-state index contributed by atoms with van der Waals surface area (Å²) in [6, 6.07) is 6.97. The molecule has 0 amide bonds. The van der Waals surface area contributed by atoms with Crippen molar-refractivity contribution < 1.29 is 9.50 Å². The summed E-state index contributed by atoms with van der Waals surface area (Å²) in [5.74, 6) is -0.347. The molecule has 28 heavy (non-hydrogen) atoms. The first kappa shape index (κ1) is 19.0. The molecule has 0 radical (unpaired) electrons. The molecule has 3 aromatic heterocycles. The quantitative estimate of drug-likeness (QED) is 0.632. The van der Waals surface area contributed by atoms with E-state index >= 15 is 0 Å². The van der Waals surface area contributed by atoms with Crippen molar-refractivity contribution in [3.63, 3.8) is 0 Å². The van der Waals surface area contributed by atoms with Gasteiger partial charge in [0.2, 0.25) is 0 Å². The van der Waals surface area contributed by atoms with E-state index < -0.39 is 5.60 Å². The number of fused-ring (bicyclic) bond motifs is 1. The number of nitrogens with zero attached hydrogens (tertiary/aromatic N) is 3. The SMILES string of the molecule is CC[C@](C)(O)C1CN(Cc2ccc(F)c(-c3c[nH]c4ncccc34)n2)CCN1. The van der Waals surface area contributed by atoms with E-state index in [0.717, 1.165) is 41.9 Å². The van der Waals surface area contributed by atoms with Crippen LogP contribution in [0, 0.1) is 5.82 Å². The maximum Gasteiger partial charge on any atom is 0.149 e. The van der Waals surface area contributed by atoms with Crippen molar-refractivity contribution in [1.82, 2.24) is 25.2 Å². The number of pyridine rings is 2. The minimum absolute atomic E-state index is 0.00543. The normalized spacial score (nSPS) is 20.4. The van der Waals surface area contributed by atoms with Crippen LogP contribution in [0.15, 0.2) is 36.7 Å². The maximum absolute atomic E-state index is 14.5. The minimum atomic E-state index is -0.753. The molecule has 1 aliphatic heterocycles. The van der Waals surface area contributed by atoms with Crippen LogP contribution < -0.4 is 5.32 Å². The molecule has 1 saturated heterocycles. The molecule has 1 fully saturated rings. The van der Waals surface area contributed by atoms with E-state index in [4.69, 9.17) is 0 Å². The first-order chi connectivity index (χ1) is 13.5. The fourth-order valence-electron chi connectivity index (χ4n) is 3.76. The highest BCUT2D eigenvalue weighted by atomic mass is 19.1. The Balaban J connectivity index is 1.58. The van der Waals surface area contributed by atoms with E-state index in [-0.39, 0.29) is 11.9 Å². The Hall–Kier alpha value is -2.35. The van der Waals surface area contributed by atoms with Crippen molar-refractivity contribution >= 4 is 11.0 Å². The van der Waals surface area contributed by atoms with E-state index in [0.29, 0.717) is 18.7 Å². The number of aliphatic hydroxyl groups is 1. The van der Waals surface area contributed by atoms with Gasteiger partial charge in [0.1, 0.15) is 17.2 Å². The van der Waals surface area contributed by atoms with E-state index in [2.05, 4.69) is 25.2 Å². The highest BCUT2D eigenvalue weighted by Crippen LogP contribution is 2.28. The minimum Gasteiger partial charge on any atom is -0.389 e. The number of aromatic amines is 1. The Morgan fingerprint density at radius 3 is 3.04 bits per heavy atom. The van der Waals surface area contributed by atoms with E-state index in [1.54, 1.807) is 18.5 Å². The molecular formula is C21H26FN5O. The molecule has 4 rings (SSSR count). The molecule has 1 unspecified atom stereocenters. The Bertz CT molecular complexity index is 970. The van der Waals surface area contributed by atoms with Gasteiger partial charge in [-0.3, -0.25) is 4.90 Å². The third-order valence-electron chi connectivity index (χ3n) is 5.72. The molecule has 0 saturated carbocycles. The van der Waals surface area contributed by atoms with Crippen LogP contribution in [0.25, 0.3) is 22.3 Å². The summed E-state index contributed by atoms with van der Waals surface area (Å²) >= 11 is 0. The topological polar surface area (TPSA) is 77.1 Å². The van der Waals surface area contributed by atoms with Gasteiger partial charge in [-0.15, -0.1) is 0 Å². The monoisotopic (exact) mass is 383 g/mol. The second-order valence-electron chi connectivity index (χ2n) is 7.69. The lowest BCUT2D eigenvalue weighted by Crippen LogP contribution is -2.59. The van der Waals surface area contributed by atoms with Crippen LogP contribution in [0.4, 0.5) is 4.39 Å². The van der Waals surface area contributed by atoms with Crippen LogP contribution in [0.3, 0.4) is 0 Å².